The maximum atomic E-state index is 14.0. The van der Waals surface area contributed by atoms with Gasteiger partial charge < -0.3 is 9.64 Å². The van der Waals surface area contributed by atoms with Crippen LogP contribution in [0.2, 0.25) is 0 Å². The molecule has 4 nitrogen and oxygen atoms in total. The Hall–Kier alpha value is -1.20. The number of carbonyl (C=O) groups is 1. The lowest BCUT2D eigenvalue weighted by atomic mass is 9.74. The molecule has 3 heterocycles. The number of benzene rings is 1. The third-order valence-corrected chi connectivity index (χ3v) is 9.54. The topological polar surface area (TPSA) is 41.6 Å². The number of unbranched alkanes of at least 4 members (excludes halogenated alkanes) is 1. The molecular formula is C27H42N2O2S. The maximum absolute atomic E-state index is 14.0. The van der Waals surface area contributed by atoms with E-state index in [9.17, 15) is 4.79 Å². The van der Waals surface area contributed by atoms with Gasteiger partial charge >= 0.3 is 0 Å². The molecule has 0 bridgehead atoms. The zero-order valence-electron chi connectivity index (χ0n) is 20.5. The molecule has 178 valence electrons. The number of rotatable bonds is 8. The van der Waals surface area contributed by atoms with E-state index in [0.717, 1.165) is 25.3 Å². The Morgan fingerprint density at radius 2 is 2.16 bits per heavy atom. The average molecular weight is 459 g/mol. The summed E-state index contributed by atoms with van der Waals surface area (Å²) in [6, 6.07) is 6.30. The zero-order valence-corrected chi connectivity index (χ0v) is 21.3. The van der Waals surface area contributed by atoms with Gasteiger partial charge in [-0.3, -0.25) is 10.1 Å². The molecular weight excluding hydrogens is 416 g/mol. The first-order valence-corrected chi connectivity index (χ1v) is 13.9. The van der Waals surface area contributed by atoms with E-state index < -0.39 is 6.10 Å². The number of fused-ring (bicyclic) bond motifs is 1. The smallest absolute Gasteiger partial charge is 0.265 e. The molecule has 1 amide bonds. The van der Waals surface area contributed by atoms with Crippen molar-refractivity contribution in [3.8, 4) is 5.75 Å². The molecule has 5 atom stereocenters. The van der Waals surface area contributed by atoms with Gasteiger partial charge in [-0.2, -0.15) is 11.8 Å². The highest BCUT2D eigenvalue weighted by Crippen LogP contribution is 2.41. The Balaban J connectivity index is 1.49. The van der Waals surface area contributed by atoms with Crippen molar-refractivity contribution in [1.29, 1.82) is 0 Å². The monoisotopic (exact) mass is 458 g/mol. The van der Waals surface area contributed by atoms with Gasteiger partial charge in [0.05, 0.1) is 6.17 Å². The zero-order chi connectivity index (χ0) is 22.7. The number of thioether (sulfide) groups is 1. The van der Waals surface area contributed by atoms with Crippen LogP contribution < -0.4 is 10.1 Å². The standard InChI is InChI=1S/C27H42N2O2S/c1-5-7-13-27(6-2)14-12-24(28-18-27)29(17-21-9-8-15-32-21)26(30)25-20(4)22-16-19(3)10-11-23(22)31-25/h10-11,16,20-21,24-25,28H,5-9,12-15,17-18H2,1-4H3. The average Bonchev–Trinajstić information content (AvgIpc) is 3.44. The van der Waals surface area contributed by atoms with Crippen LogP contribution in [-0.2, 0) is 4.79 Å². The summed E-state index contributed by atoms with van der Waals surface area (Å²) in [6.45, 7) is 10.7. The molecule has 1 aromatic rings. The van der Waals surface area contributed by atoms with Crippen molar-refractivity contribution in [2.75, 3.05) is 18.8 Å². The minimum Gasteiger partial charge on any atom is -0.480 e. The van der Waals surface area contributed by atoms with Crippen molar-refractivity contribution in [3.05, 3.63) is 29.3 Å². The molecule has 2 saturated heterocycles. The third-order valence-electron chi connectivity index (χ3n) is 8.16. The Bertz CT molecular complexity index is 784. The largest absolute Gasteiger partial charge is 0.480 e. The van der Waals surface area contributed by atoms with Crippen LogP contribution in [0.1, 0.15) is 89.2 Å². The van der Waals surface area contributed by atoms with Gasteiger partial charge in [-0.25, -0.2) is 0 Å². The lowest BCUT2D eigenvalue weighted by Crippen LogP contribution is -2.59. The summed E-state index contributed by atoms with van der Waals surface area (Å²) < 4.78 is 6.26. The van der Waals surface area contributed by atoms with Crippen molar-refractivity contribution in [3.63, 3.8) is 0 Å². The fourth-order valence-corrected chi connectivity index (χ4v) is 7.08. The van der Waals surface area contributed by atoms with Gasteiger partial charge in [-0.05, 0) is 62.7 Å². The van der Waals surface area contributed by atoms with Gasteiger partial charge in [-0.1, -0.05) is 51.3 Å². The van der Waals surface area contributed by atoms with Crippen LogP contribution >= 0.6 is 11.8 Å². The predicted molar refractivity (Wildman–Crippen MR) is 134 cm³/mol. The minimum atomic E-state index is -0.405. The summed E-state index contributed by atoms with van der Waals surface area (Å²) in [5.74, 6) is 2.38. The Morgan fingerprint density at radius 3 is 2.81 bits per heavy atom. The van der Waals surface area contributed by atoms with Crippen molar-refractivity contribution in [1.82, 2.24) is 10.2 Å². The molecule has 2 fully saturated rings. The Labute approximate surface area is 199 Å². The number of hydrogen-bond donors (Lipinski definition) is 1. The highest BCUT2D eigenvalue weighted by atomic mass is 32.2. The van der Waals surface area contributed by atoms with Gasteiger partial charge in [0.15, 0.2) is 6.10 Å². The quantitative estimate of drug-likeness (QED) is 0.528. The van der Waals surface area contributed by atoms with Crippen molar-refractivity contribution in [2.45, 2.75) is 102 Å². The molecule has 32 heavy (non-hydrogen) atoms. The van der Waals surface area contributed by atoms with E-state index in [4.69, 9.17) is 4.74 Å². The van der Waals surface area contributed by atoms with Gasteiger partial charge in [0, 0.05) is 29.8 Å². The fourth-order valence-electron chi connectivity index (χ4n) is 5.82. The first-order valence-electron chi connectivity index (χ1n) is 12.9. The van der Waals surface area contributed by atoms with Gasteiger partial charge in [0.1, 0.15) is 5.75 Å². The van der Waals surface area contributed by atoms with E-state index in [0.29, 0.717) is 10.7 Å². The Morgan fingerprint density at radius 1 is 1.31 bits per heavy atom. The summed E-state index contributed by atoms with van der Waals surface area (Å²) >= 11 is 2.04. The van der Waals surface area contributed by atoms with E-state index in [1.807, 2.05) is 17.8 Å². The molecule has 0 aromatic heterocycles. The first-order chi connectivity index (χ1) is 15.5. The molecule has 0 saturated carbocycles. The molecule has 0 aliphatic carbocycles. The lowest BCUT2D eigenvalue weighted by molar-refractivity contribution is -0.143. The van der Waals surface area contributed by atoms with Crippen LogP contribution in [0.15, 0.2) is 18.2 Å². The SMILES string of the molecule is CCCCC1(CC)CCC(N(CC2CCCS2)C(=O)C2Oc3ccc(C)cc3C2C)NC1. The molecule has 0 spiro atoms. The number of nitrogens with zero attached hydrogens (tertiary/aromatic N) is 1. The van der Waals surface area contributed by atoms with Crippen molar-refractivity contribution < 1.29 is 9.53 Å². The maximum Gasteiger partial charge on any atom is 0.265 e. The Kier molecular flexibility index (Phi) is 7.77. The third kappa shape index (κ3) is 4.99. The predicted octanol–water partition coefficient (Wildman–Crippen LogP) is 5.88. The summed E-state index contributed by atoms with van der Waals surface area (Å²) in [6.07, 6.45) is 9.54. The van der Waals surface area contributed by atoms with E-state index >= 15 is 0 Å². The van der Waals surface area contributed by atoms with Crippen LogP contribution in [-0.4, -0.2) is 47.2 Å². The molecule has 5 heteroatoms. The van der Waals surface area contributed by atoms with Gasteiger partial charge in [0.25, 0.3) is 5.91 Å². The minimum absolute atomic E-state index is 0.0963. The van der Waals surface area contributed by atoms with Crippen LogP contribution in [0.5, 0.6) is 5.75 Å². The van der Waals surface area contributed by atoms with Crippen LogP contribution in [0.3, 0.4) is 0 Å². The van der Waals surface area contributed by atoms with Crippen molar-refractivity contribution >= 4 is 17.7 Å². The number of ether oxygens (including phenoxy) is 1. The second kappa shape index (κ2) is 10.4. The molecule has 4 rings (SSSR count). The van der Waals surface area contributed by atoms with E-state index in [2.05, 4.69) is 50.0 Å². The summed E-state index contributed by atoms with van der Waals surface area (Å²) in [5, 5.41) is 4.39. The van der Waals surface area contributed by atoms with Gasteiger partial charge in [-0.15, -0.1) is 0 Å². The number of nitrogens with one attached hydrogen (secondary N) is 1. The number of hydrogen-bond acceptors (Lipinski definition) is 4. The summed E-state index contributed by atoms with van der Waals surface area (Å²) in [5.41, 5.74) is 2.80. The number of amides is 1. The van der Waals surface area contributed by atoms with E-state index in [1.165, 1.54) is 61.8 Å². The molecule has 0 radical (unpaired) electrons. The van der Waals surface area contributed by atoms with Crippen LogP contribution in [0.4, 0.5) is 0 Å². The first kappa shape index (κ1) is 23.9. The lowest BCUT2D eigenvalue weighted by Gasteiger charge is -2.45. The number of aryl methyl sites for hydroxylation is 1. The fraction of sp³-hybridized carbons (Fsp3) is 0.741. The van der Waals surface area contributed by atoms with Crippen LogP contribution in [0, 0.1) is 12.3 Å². The van der Waals surface area contributed by atoms with Crippen LogP contribution in [0.25, 0.3) is 0 Å². The highest BCUT2D eigenvalue weighted by Gasteiger charge is 2.43. The second-order valence-corrected chi connectivity index (χ2v) is 11.8. The molecule has 1 N–H and O–H groups in total. The number of piperidine rings is 1. The van der Waals surface area contributed by atoms with Gasteiger partial charge in [0.2, 0.25) is 0 Å². The van der Waals surface area contributed by atoms with E-state index in [-0.39, 0.29) is 18.0 Å². The highest BCUT2D eigenvalue weighted by molar-refractivity contribution is 8.00. The second-order valence-electron chi connectivity index (χ2n) is 10.4. The summed E-state index contributed by atoms with van der Waals surface area (Å²) in [7, 11) is 0. The van der Waals surface area contributed by atoms with E-state index in [1.54, 1.807) is 0 Å². The summed E-state index contributed by atoms with van der Waals surface area (Å²) in [4.78, 5) is 16.1. The molecule has 5 unspecified atom stereocenters. The number of carbonyl (C=O) groups excluding carboxylic acids is 1. The van der Waals surface area contributed by atoms with Crippen molar-refractivity contribution in [2.24, 2.45) is 5.41 Å². The molecule has 3 aliphatic rings. The molecule has 1 aromatic carbocycles. The normalized spacial score (nSPS) is 31.9. The molecule has 3 aliphatic heterocycles.